The summed E-state index contributed by atoms with van der Waals surface area (Å²) < 4.78 is 33.1. The Hall–Kier alpha value is -2.65. The standard InChI is InChI=1S/C20H23N3O5S/c1-3-23-16-8-9-17(14-6-5-7-15(18(14)16)19(23)24)29(26,27)22-12-10-21(11-13-22)20(25)28-4-2/h5-9H,3-4,10-13H2,1-2H3. The van der Waals surface area contributed by atoms with E-state index in [9.17, 15) is 18.0 Å². The molecule has 0 N–H and O–H groups in total. The SMILES string of the molecule is CCOC(=O)N1CCN(S(=O)(=O)c2ccc3c4c(cccc24)C(=O)N3CC)CC1. The van der Waals surface area contributed by atoms with E-state index in [1.807, 2.05) is 6.92 Å². The minimum Gasteiger partial charge on any atom is -0.450 e. The van der Waals surface area contributed by atoms with Gasteiger partial charge in [0.05, 0.1) is 17.2 Å². The monoisotopic (exact) mass is 417 g/mol. The van der Waals surface area contributed by atoms with Crippen molar-refractivity contribution in [2.24, 2.45) is 0 Å². The molecule has 0 radical (unpaired) electrons. The van der Waals surface area contributed by atoms with Gasteiger partial charge in [0.15, 0.2) is 0 Å². The Bertz CT molecular complexity index is 1090. The molecule has 9 heteroatoms. The van der Waals surface area contributed by atoms with Crippen LogP contribution in [0.1, 0.15) is 24.2 Å². The van der Waals surface area contributed by atoms with Crippen molar-refractivity contribution < 1.29 is 22.7 Å². The number of hydrogen-bond donors (Lipinski definition) is 0. The zero-order valence-corrected chi connectivity index (χ0v) is 17.2. The fraction of sp³-hybridized carbons (Fsp3) is 0.400. The molecule has 2 amide bonds. The summed E-state index contributed by atoms with van der Waals surface area (Å²) in [6.07, 6.45) is -0.423. The molecule has 0 bridgehead atoms. The first-order chi connectivity index (χ1) is 13.9. The van der Waals surface area contributed by atoms with Crippen molar-refractivity contribution in [3.05, 3.63) is 35.9 Å². The molecule has 2 aromatic rings. The third kappa shape index (κ3) is 3.05. The van der Waals surface area contributed by atoms with E-state index in [0.717, 1.165) is 5.69 Å². The van der Waals surface area contributed by atoms with E-state index in [-0.39, 0.29) is 43.6 Å². The van der Waals surface area contributed by atoms with Crippen LogP contribution in [0.2, 0.25) is 0 Å². The fourth-order valence-corrected chi connectivity index (χ4v) is 5.63. The summed E-state index contributed by atoms with van der Waals surface area (Å²) in [7, 11) is -3.77. The maximum atomic E-state index is 13.4. The van der Waals surface area contributed by atoms with Gasteiger partial charge in [0, 0.05) is 49.1 Å². The van der Waals surface area contributed by atoms with Gasteiger partial charge >= 0.3 is 6.09 Å². The molecule has 0 aromatic heterocycles. The second-order valence-electron chi connectivity index (χ2n) is 6.95. The predicted octanol–water partition coefficient (Wildman–Crippen LogP) is 2.28. The van der Waals surface area contributed by atoms with Crippen LogP contribution in [0.15, 0.2) is 35.2 Å². The number of ether oxygens (including phenoxy) is 1. The second-order valence-corrected chi connectivity index (χ2v) is 8.86. The van der Waals surface area contributed by atoms with Gasteiger partial charge in [-0.05, 0) is 32.0 Å². The maximum Gasteiger partial charge on any atom is 0.409 e. The van der Waals surface area contributed by atoms with E-state index in [2.05, 4.69) is 0 Å². The molecule has 2 aliphatic rings. The van der Waals surface area contributed by atoms with E-state index in [1.54, 1.807) is 42.2 Å². The number of carbonyl (C=O) groups is 2. The molecule has 29 heavy (non-hydrogen) atoms. The molecule has 0 saturated carbocycles. The molecule has 0 unspecified atom stereocenters. The lowest BCUT2D eigenvalue weighted by Gasteiger charge is -2.33. The highest BCUT2D eigenvalue weighted by atomic mass is 32.2. The largest absolute Gasteiger partial charge is 0.450 e. The number of rotatable bonds is 4. The third-order valence-electron chi connectivity index (χ3n) is 5.44. The first-order valence-corrected chi connectivity index (χ1v) is 11.1. The van der Waals surface area contributed by atoms with Crippen molar-refractivity contribution in [1.82, 2.24) is 9.21 Å². The first kappa shape index (κ1) is 19.7. The van der Waals surface area contributed by atoms with Crippen LogP contribution in [0, 0.1) is 0 Å². The molecule has 2 heterocycles. The number of benzene rings is 2. The van der Waals surface area contributed by atoms with Crippen LogP contribution in [-0.4, -0.2) is 69.0 Å². The summed E-state index contributed by atoms with van der Waals surface area (Å²) in [6, 6.07) is 8.49. The topological polar surface area (TPSA) is 87.2 Å². The van der Waals surface area contributed by atoms with Crippen LogP contribution in [0.5, 0.6) is 0 Å². The Morgan fingerprint density at radius 2 is 1.79 bits per heavy atom. The molecule has 154 valence electrons. The molecule has 4 rings (SSSR count). The van der Waals surface area contributed by atoms with Gasteiger partial charge < -0.3 is 14.5 Å². The van der Waals surface area contributed by atoms with Crippen molar-refractivity contribution in [3.63, 3.8) is 0 Å². The highest BCUT2D eigenvalue weighted by molar-refractivity contribution is 7.89. The number of carbonyl (C=O) groups excluding carboxylic acids is 2. The smallest absolute Gasteiger partial charge is 0.409 e. The van der Waals surface area contributed by atoms with Crippen LogP contribution in [0.25, 0.3) is 10.8 Å². The molecule has 1 fully saturated rings. The average Bonchev–Trinajstić information content (AvgIpc) is 3.01. The van der Waals surface area contributed by atoms with Crippen LogP contribution >= 0.6 is 0 Å². The van der Waals surface area contributed by atoms with Gasteiger partial charge in [0.1, 0.15) is 0 Å². The average molecular weight is 417 g/mol. The lowest BCUT2D eigenvalue weighted by molar-refractivity contribution is 0.0933. The number of sulfonamides is 1. The lowest BCUT2D eigenvalue weighted by Crippen LogP contribution is -2.50. The quantitative estimate of drug-likeness (QED) is 0.762. The highest BCUT2D eigenvalue weighted by Gasteiger charge is 2.35. The number of anilines is 1. The van der Waals surface area contributed by atoms with Crippen molar-refractivity contribution in [3.8, 4) is 0 Å². The minimum absolute atomic E-state index is 0.106. The predicted molar refractivity (Wildman–Crippen MR) is 109 cm³/mol. The van der Waals surface area contributed by atoms with E-state index in [4.69, 9.17) is 4.74 Å². The molecule has 2 aliphatic heterocycles. The number of nitrogens with zero attached hydrogens (tertiary/aromatic N) is 3. The molecule has 0 spiro atoms. The highest BCUT2D eigenvalue weighted by Crippen LogP contribution is 2.40. The summed E-state index contributed by atoms with van der Waals surface area (Å²) in [6.45, 7) is 5.38. The summed E-state index contributed by atoms with van der Waals surface area (Å²) >= 11 is 0. The van der Waals surface area contributed by atoms with E-state index in [1.165, 1.54) is 9.21 Å². The van der Waals surface area contributed by atoms with Crippen LogP contribution in [-0.2, 0) is 14.8 Å². The maximum absolute atomic E-state index is 13.4. The lowest BCUT2D eigenvalue weighted by atomic mass is 10.1. The molecule has 2 aromatic carbocycles. The van der Waals surface area contributed by atoms with Crippen molar-refractivity contribution in [2.75, 3.05) is 44.2 Å². The Morgan fingerprint density at radius 3 is 2.45 bits per heavy atom. The van der Waals surface area contributed by atoms with Gasteiger partial charge in [-0.3, -0.25) is 4.79 Å². The molecule has 1 saturated heterocycles. The zero-order chi connectivity index (χ0) is 20.8. The van der Waals surface area contributed by atoms with Crippen LogP contribution in [0.4, 0.5) is 10.5 Å². The molecule has 0 aliphatic carbocycles. The fourth-order valence-electron chi connectivity index (χ4n) is 4.02. The minimum atomic E-state index is -3.77. The third-order valence-corrected chi connectivity index (χ3v) is 7.40. The second kappa shape index (κ2) is 7.31. The first-order valence-electron chi connectivity index (χ1n) is 9.69. The number of piperazine rings is 1. The van der Waals surface area contributed by atoms with Gasteiger partial charge in [0.2, 0.25) is 10.0 Å². The normalized spacial score (nSPS) is 17.2. The van der Waals surface area contributed by atoms with E-state index >= 15 is 0 Å². The Labute approximate surface area is 169 Å². The van der Waals surface area contributed by atoms with Gasteiger partial charge in [-0.15, -0.1) is 0 Å². The van der Waals surface area contributed by atoms with Crippen molar-refractivity contribution >= 4 is 38.5 Å². The van der Waals surface area contributed by atoms with Crippen LogP contribution < -0.4 is 4.90 Å². The zero-order valence-electron chi connectivity index (χ0n) is 16.4. The molecule has 0 atom stereocenters. The van der Waals surface area contributed by atoms with Gasteiger partial charge in [-0.1, -0.05) is 12.1 Å². The molecular formula is C20H23N3O5S. The van der Waals surface area contributed by atoms with Gasteiger partial charge in [-0.2, -0.15) is 4.31 Å². The van der Waals surface area contributed by atoms with Gasteiger partial charge in [0.25, 0.3) is 5.91 Å². The van der Waals surface area contributed by atoms with Crippen LogP contribution in [0.3, 0.4) is 0 Å². The van der Waals surface area contributed by atoms with E-state index in [0.29, 0.717) is 22.9 Å². The summed E-state index contributed by atoms with van der Waals surface area (Å²) in [4.78, 5) is 27.9. The van der Waals surface area contributed by atoms with Gasteiger partial charge in [-0.25, -0.2) is 13.2 Å². The summed E-state index contributed by atoms with van der Waals surface area (Å²) in [5.41, 5.74) is 1.28. The molecule has 8 nitrogen and oxygen atoms in total. The van der Waals surface area contributed by atoms with E-state index < -0.39 is 16.1 Å². The Kier molecular flexibility index (Phi) is 4.95. The number of hydrogen-bond acceptors (Lipinski definition) is 5. The summed E-state index contributed by atoms with van der Waals surface area (Å²) in [5, 5.41) is 1.24. The number of amides is 2. The Morgan fingerprint density at radius 1 is 1.07 bits per heavy atom. The summed E-state index contributed by atoms with van der Waals surface area (Å²) in [5.74, 6) is -0.106. The van der Waals surface area contributed by atoms with Crippen molar-refractivity contribution in [1.29, 1.82) is 0 Å². The molecular weight excluding hydrogens is 394 g/mol. The Balaban J connectivity index is 1.69. The van der Waals surface area contributed by atoms with Crippen molar-refractivity contribution in [2.45, 2.75) is 18.7 Å².